The van der Waals surface area contributed by atoms with Gasteiger partial charge in [-0.25, -0.2) is 0 Å². The molecule has 1 fully saturated rings. The molecule has 0 heterocycles. The van der Waals surface area contributed by atoms with Gasteiger partial charge in [-0.05, 0) is 43.0 Å². The Morgan fingerprint density at radius 2 is 1.63 bits per heavy atom. The van der Waals surface area contributed by atoms with Crippen molar-refractivity contribution in [3.63, 3.8) is 0 Å². The van der Waals surface area contributed by atoms with Crippen molar-refractivity contribution < 1.29 is 19.1 Å². The van der Waals surface area contributed by atoms with E-state index in [9.17, 15) is 9.59 Å². The lowest BCUT2D eigenvalue weighted by Crippen LogP contribution is -2.36. The van der Waals surface area contributed by atoms with Gasteiger partial charge in [-0.15, -0.1) is 0 Å². The Hall–Kier alpha value is -3.02. The molecule has 6 heteroatoms. The van der Waals surface area contributed by atoms with Crippen molar-refractivity contribution in [1.29, 1.82) is 0 Å². The lowest BCUT2D eigenvalue weighted by molar-refractivity contribution is -0.131. The second kappa shape index (κ2) is 7.70. The number of benzene rings is 2. The third-order valence-corrected chi connectivity index (χ3v) is 4.92. The molecule has 1 aliphatic rings. The Kier molecular flexibility index (Phi) is 5.35. The molecular weight excluding hydrogens is 344 g/mol. The quantitative estimate of drug-likeness (QED) is 0.732. The highest BCUT2D eigenvalue weighted by Gasteiger charge is 2.56. The standard InChI is InChI=1S/C21H24N2O4/c1-4-14-7-5-6-8-16(14)22-19(24)21(11-12-21)20(25)23-17-10-9-15(26-2)13-18(17)27-3/h5-10,13H,4,11-12H2,1-3H3,(H,22,24)(H,23,25). The summed E-state index contributed by atoms with van der Waals surface area (Å²) in [6.45, 7) is 2.03. The number of methoxy groups -OCH3 is 2. The van der Waals surface area contributed by atoms with E-state index in [0.29, 0.717) is 30.0 Å². The van der Waals surface area contributed by atoms with E-state index >= 15 is 0 Å². The minimum Gasteiger partial charge on any atom is -0.497 e. The second-order valence-electron chi connectivity index (χ2n) is 6.57. The fraction of sp³-hybridized carbons (Fsp3) is 0.333. The molecular formula is C21H24N2O4. The van der Waals surface area contributed by atoms with E-state index in [1.807, 2.05) is 31.2 Å². The number of aryl methyl sites for hydroxylation is 1. The summed E-state index contributed by atoms with van der Waals surface area (Å²) in [6, 6.07) is 12.8. The van der Waals surface area contributed by atoms with Crippen molar-refractivity contribution >= 4 is 23.2 Å². The minimum atomic E-state index is -1.04. The SMILES string of the molecule is CCc1ccccc1NC(=O)C1(C(=O)Nc2ccc(OC)cc2OC)CC1. The molecule has 6 nitrogen and oxygen atoms in total. The fourth-order valence-electron chi connectivity index (χ4n) is 3.02. The molecule has 0 bridgehead atoms. The topological polar surface area (TPSA) is 76.7 Å². The average molecular weight is 368 g/mol. The van der Waals surface area contributed by atoms with Crippen LogP contribution in [-0.2, 0) is 16.0 Å². The first-order chi connectivity index (χ1) is 13.0. The second-order valence-corrected chi connectivity index (χ2v) is 6.57. The first kappa shape index (κ1) is 18.8. The van der Waals surface area contributed by atoms with Crippen LogP contribution in [0.5, 0.6) is 11.5 Å². The van der Waals surface area contributed by atoms with Gasteiger partial charge in [0.2, 0.25) is 11.8 Å². The number of carbonyl (C=O) groups excluding carboxylic acids is 2. The van der Waals surface area contributed by atoms with Crippen LogP contribution in [0.3, 0.4) is 0 Å². The maximum atomic E-state index is 12.8. The number of rotatable bonds is 7. The monoisotopic (exact) mass is 368 g/mol. The van der Waals surface area contributed by atoms with E-state index in [4.69, 9.17) is 9.47 Å². The molecule has 0 saturated heterocycles. The van der Waals surface area contributed by atoms with Crippen LogP contribution < -0.4 is 20.1 Å². The highest BCUT2D eigenvalue weighted by atomic mass is 16.5. The molecule has 0 aromatic heterocycles. The van der Waals surface area contributed by atoms with Crippen molar-refractivity contribution in [3.8, 4) is 11.5 Å². The summed E-state index contributed by atoms with van der Waals surface area (Å²) in [5.41, 5.74) is 1.27. The number of anilines is 2. The zero-order valence-electron chi connectivity index (χ0n) is 15.8. The molecule has 0 atom stereocenters. The molecule has 0 spiro atoms. The Labute approximate surface area is 158 Å². The predicted molar refractivity (Wildman–Crippen MR) is 104 cm³/mol. The van der Waals surface area contributed by atoms with Crippen molar-refractivity contribution in [1.82, 2.24) is 0 Å². The van der Waals surface area contributed by atoms with Gasteiger partial charge in [0.15, 0.2) is 0 Å². The third-order valence-electron chi connectivity index (χ3n) is 4.92. The van der Waals surface area contributed by atoms with Gasteiger partial charge < -0.3 is 20.1 Å². The summed E-state index contributed by atoms with van der Waals surface area (Å²) in [5, 5.41) is 5.76. The first-order valence-corrected chi connectivity index (χ1v) is 8.97. The summed E-state index contributed by atoms with van der Waals surface area (Å²) < 4.78 is 10.5. The van der Waals surface area contributed by atoms with E-state index in [0.717, 1.165) is 17.7 Å². The van der Waals surface area contributed by atoms with Gasteiger partial charge >= 0.3 is 0 Å². The Bertz CT molecular complexity index is 859. The first-order valence-electron chi connectivity index (χ1n) is 8.97. The van der Waals surface area contributed by atoms with Crippen molar-refractivity contribution in [2.45, 2.75) is 26.2 Å². The van der Waals surface area contributed by atoms with Crippen LogP contribution in [0.15, 0.2) is 42.5 Å². The molecule has 3 rings (SSSR count). The van der Waals surface area contributed by atoms with Gasteiger partial charge in [0.05, 0.1) is 19.9 Å². The maximum absolute atomic E-state index is 12.8. The molecule has 0 aliphatic heterocycles. The molecule has 1 aliphatic carbocycles. The molecule has 0 radical (unpaired) electrons. The van der Waals surface area contributed by atoms with Crippen molar-refractivity contribution in [2.75, 3.05) is 24.9 Å². The van der Waals surface area contributed by atoms with Gasteiger partial charge in [-0.2, -0.15) is 0 Å². The molecule has 1 saturated carbocycles. The Morgan fingerprint density at radius 1 is 0.963 bits per heavy atom. The summed E-state index contributed by atoms with van der Waals surface area (Å²) in [6.07, 6.45) is 1.85. The molecule has 2 aromatic carbocycles. The largest absolute Gasteiger partial charge is 0.497 e. The number of para-hydroxylation sites is 1. The van der Waals surface area contributed by atoms with Crippen LogP contribution >= 0.6 is 0 Å². The lowest BCUT2D eigenvalue weighted by Gasteiger charge is -2.18. The molecule has 2 N–H and O–H groups in total. The maximum Gasteiger partial charge on any atom is 0.240 e. The van der Waals surface area contributed by atoms with E-state index in [1.165, 1.54) is 7.11 Å². The summed E-state index contributed by atoms with van der Waals surface area (Å²) in [4.78, 5) is 25.7. The van der Waals surface area contributed by atoms with E-state index in [2.05, 4.69) is 10.6 Å². The number of carbonyl (C=O) groups is 2. The minimum absolute atomic E-state index is 0.270. The van der Waals surface area contributed by atoms with Gasteiger partial charge in [0.25, 0.3) is 0 Å². The van der Waals surface area contributed by atoms with Crippen LogP contribution in [0.2, 0.25) is 0 Å². The molecule has 0 unspecified atom stereocenters. The number of amides is 2. The zero-order chi connectivity index (χ0) is 19.4. The lowest BCUT2D eigenvalue weighted by atomic mass is 10.0. The summed E-state index contributed by atoms with van der Waals surface area (Å²) >= 11 is 0. The molecule has 27 heavy (non-hydrogen) atoms. The van der Waals surface area contributed by atoms with Crippen LogP contribution in [0.25, 0.3) is 0 Å². The summed E-state index contributed by atoms with van der Waals surface area (Å²) in [5.74, 6) is 0.515. The number of hydrogen-bond donors (Lipinski definition) is 2. The Morgan fingerprint density at radius 3 is 2.22 bits per heavy atom. The van der Waals surface area contributed by atoms with E-state index < -0.39 is 5.41 Å². The van der Waals surface area contributed by atoms with Crippen LogP contribution in [0.4, 0.5) is 11.4 Å². The highest BCUT2D eigenvalue weighted by molar-refractivity contribution is 6.17. The van der Waals surface area contributed by atoms with E-state index in [-0.39, 0.29) is 11.8 Å². The van der Waals surface area contributed by atoms with Gasteiger partial charge in [-0.3, -0.25) is 9.59 Å². The molecule has 2 amide bonds. The van der Waals surface area contributed by atoms with Crippen molar-refractivity contribution in [2.24, 2.45) is 5.41 Å². The highest BCUT2D eigenvalue weighted by Crippen LogP contribution is 2.48. The Balaban J connectivity index is 1.75. The molecule has 2 aromatic rings. The van der Waals surface area contributed by atoms with Crippen LogP contribution in [-0.4, -0.2) is 26.0 Å². The van der Waals surface area contributed by atoms with Gasteiger partial charge in [0, 0.05) is 11.8 Å². The predicted octanol–water partition coefficient (Wildman–Crippen LogP) is 3.62. The molecule has 142 valence electrons. The number of ether oxygens (including phenoxy) is 2. The number of hydrogen-bond acceptors (Lipinski definition) is 4. The smallest absolute Gasteiger partial charge is 0.240 e. The van der Waals surface area contributed by atoms with Crippen molar-refractivity contribution in [3.05, 3.63) is 48.0 Å². The fourth-order valence-corrected chi connectivity index (χ4v) is 3.02. The third kappa shape index (κ3) is 3.74. The zero-order valence-corrected chi connectivity index (χ0v) is 15.8. The number of nitrogens with one attached hydrogen (secondary N) is 2. The van der Waals surface area contributed by atoms with Crippen LogP contribution in [0.1, 0.15) is 25.3 Å². The van der Waals surface area contributed by atoms with Crippen LogP contribution in [0, 0.1) is 5.41 Å². The van der Waals surface area contributed by atoms with Gasteiger partial charge in [0.1, 0.15) is 16.9 Å². The summed E-state index contributed by atoms with van der Waals surface area (Å²) in [7, 11) is 3.08. The normalized spacial score (nSPS) is 14.2. The average Bonchev–Trinajstić information content (AvgIpc) is 3.51. The van der Waals surface area contributed by atoms with Gasteiger partial charge in [-0.1, -0.05) is 25.1 Å². The van der Waals surface area contributed by atoms with E-state index in [1.54, 1.807) is 25.3 Å².